The number of fused-ring (bicyclic) bond motifs is 1. The lowest BCUT2D eigenvalue weighted by molar-refractivity contribution is -0.116. The van der Waals surface area contributed by atoms with Crippen molar-refractivity contribution < 1.29 is 4.79 Å². The number of aromatic nitrogens is 1. The fourth-order valence-corrected chi connectivity index (χ4v) is 2.18. The lowest BCUT2D eigenvalue weighted by Gasteiger charge is -2.07. The molecule has 1 aromatic heterocycles. The predicted octanol–water partition coefficient (Wildman–Crippen LogP) is 2.73. The maximum atomic E-state index is 11.7. The van der Waals surface area contributed by atoms with Crippen LogP contribution in [0.4, 0.5) is 5.69 Å². The van der Waals surface area contributed by atoms with Gasteiger partial charge in [-0.1, -0.05) is 13.0 Å². The van der Waals surface area contributed by atoms with Gasteiger partial charge >= 0.3 is 0 Å². The van der Waals surface area contributed by atoms with Gasteiger partial charge in [-0.3, -0.25) is 4.79 Å². The lowest BCUT2D eigenvalue weighted by Crippen LogP contribution is -2.13. The monoisotopic (exact) mass is 259 g/mol. The van der Waals surface area contributed by atoms with Crippen LogP contribution in [0, 0.1) is 0 Å². The molecule has 4 heteroatoms. The van der Waals surface area contributed by atoms with Crippen molar-refractivity contribution >= 4 is 22.5 Å². The fraction of sp³-hybridized carbons (Fsp3) is 0.400. The van der Waals surface area contributed by atoms with Crippen LogP contribution in [-0.4, -0.2) is 17.0 Å². The number of carbonyl (C=O) groups excluding carboxylic acids is 1. The van der Waals surface area contributed by atoms with Gasteiger partial charge in [0.15, 0.2) is 0 Å². The Balaban J connectivity index is 2.15. The zero-order valence-electron chi connectivity index (χ0n) is 11.4. The molecule has 0 saturated heterocycles. The molecule has 2 rings (SSSR count). The van der Waals surface area contributed by atoms with E-state index in [1.54, 1.807) is 0 Å². The number of rotatable bonds is 6. The summed E-state index contributed by atoms with van der Waals surface area (Å²) in [6.45, 7) is 3.70. The molecule has 1 amide bonds. The summed E-state index contributed by atoms with van der Waals surface area (Å²) in [7, 11) is 0. The minimum absolute atomic E-state index is 0.0263. The number of hydrogen-bond acceptors (Lipinski definition) is 2. The average molecular weight is 259 g/mol. The first-order valence-electron chi connectivity index (χ1n) is 6.83. The number of benzene rings is 1. The molecule has 0 atom stereocenters. The maximum absolute atomic E-state index is 11.7. The molecule has 102 valence electrons. The van der Waals surface area contributed by atoms with Crippen LogP contribution in [0.15, 0.2) is 30.5 Å². The maximum Gasteiger partial charge on any atom is 0.224 e. The van der Waals surface area contributed by atoms with E-state index in [1.807, 2.05) is 18.2 Å². The van der Waals surface area contributed by atoms with Crippen molar-refractivity contribution in [2.45, 2.75) is 32.7 Å². The van der Waals surface area contributed by atoms with E-state index in [4.69, 9.17) is 5.73 Å². The number of carbonyl (C=O) groups is 1. The largest absolute Gasteiger partial charge is 0.347 e. The number of nitrogens with two attached hydrogens (primary N) is 1. The summed E-state index contributed by atoms with van der Waals surface area (Å²) in [5, 5.41) is 4.12. The Labute approximate surface area is 113 Å². The van der Waals surface area contributed by atoms with E-state index in [0.29, 0.717) is 13.0 Å². The first-order chi connectivity index (χ1) is 9.24. The Kier molecular flexibility index (Phi) is 4.58. The Morgan fingerprint density at radius 2 is 2.21 bits per heavy atom. The van der Waals surface area contributed by atoms with Crippen LogP contribution in [0.2, 0.25) is 0 Å². The highest BCUT2D eigenvalue weighted by Crippen LogP contribution is 2.21. The molecule has 0 spiro atoms. The van der Waals surface area contributed by atoms with Crippen LogP contribution in [0.3, 0.4) is 0 Å². The highest BCUT2D eigenvalue weighted by Gasteiger charge is 2.05. The molecule has 0 aliphatic carbocycles. The molecule has 0 fully saturated rings. The van der Waals surface area contributed by atoms with Crippen molar-refractivity contribution in [3.63, 3.8) is 0 Å². The lowest BCUT2D eigenvalue weighted by atomic mass is 10.2. The first kappa shape index (κ1) is 13.6. The quantitative estimate of drug-likeness (QED) is 0.838. The Morgan fingerprint density at radius 3 is 2.95 bits per heavy atom. The highest BCUT2D eigenvalue weighted by molar-refractivity contribution is 5.93. The van der Waals surface area contributed by atoms with Gasteiger partial charge in [0.2, 0.25) is 5.91 Å². The van der Waals surface area contributed by atoms with Crippen molar-refractivity contribution in [3.8, 4) is 0 Å². The van der Waals surface area contributed by atoms with Gasteiger partial charge in [-0.05, 0) is 43.0 Å². The highest BCUT2D eigenvalue weighted by atomic mass is 16.1. The molecule has 3 N–H and O–H groups in total. The third-order valence-electron chi connectivity index (χ3n) is 3.13. The molecular weight excluding hydrogens is 238 g/mol. The zero-order valence-corrected chi connectivity index (χ0v) is 11.4. The topological polar surface area (TPSA) is 60.0 Å². The number of nitrogens with one attached hydrogen (secondary N) is 1. The molecule has 19 heavy (non-hydrogen) atoms. The summed E-state index contributed by atoms with van der Waals surface area (Å²) in [6.07, 6.45) is 4.38. The minimum Gasteiger partial charge on any atom is -0.347 e. The van der Waals surface area contributed by atoms with Gasteiger partial charge in [0, 0.05) is 24.8 Å². The molecule has 4 nitrogen and oxygen atoms in total. The molecule has 1 heterocycles. The molecule has 0 bridgehead atoms. The second kappa shape index (κ2) is 6.38. The van der Waals surface area contributed by atoms with E-state index in [-0.39, 0.29) is 5.91 Å². The normalized spacial score (nSPS) is 10.8. The summed E-state index contributed by atoms with van der Waals surface area (Å²) in [5.41, 5.74) is 7.42. The van der Waals surface area contributed by atoms with Crippen LogP contribution in [0.1, 0.15) is 26.2 Å². The molecule has 2 aromatic rings. The van der Waals surface area contributed by atoms with Crippen LogP contribution in [-0.2, 0) is 11.3 Å². The Morgan fingerprint density at radius 1 is 1.37 bits per heavy atom. The van der Waals surface area contributed by atoms with E-state index in [1.165, 1.54) is 10.9 Å². The van der Waals surface area contributed by atoms with E-state index >= 15 is 0 Å². The SMILES string of the molecule is CCCn1ccc2ccc(NC(=O)CCCN)cc21. The summed E-state index contributed by atoms with van der Waals surface area (Å²) < 4.78 is 2.21. The van der Waals surface area contributed by atoms with Crippen molar-refractivity contribution in [2.75, 3.05) is 11.9 Å². The van der Waals surface area contributed by atoms with E-state index < -0.39 is 0 Å². The number of amides is 1. The van der Waals surface area contributed by atoms with Crippen LogP contribution in [0.5, 0.6) is 0 Å². The fourth-order valence-electron chi connectivity index (χ4n) is 2.18. The number of anilines is 1. The summed E-state index contributed by atoms with van der Waals surface area (Å²) >= 11 is 0. The predicted molar refractivity (Wildman–Crippen MR) is 79.1 cm³/mol. The standard InChI is InChI=1S/C15H21N3O/c1-2-9-18-10-7-12-5-6-13(11-14(12)18)17-15(19)4-3-8-16/h5-7,10-11H,2-4,8-9,16H2,1H3,(H,17,19). The van der Waals surface area contributed by atoms with Crippen molar-refractivity contribution in [3.05, 3.63) is 30.5 Å². The molecule has 0 saturated carbocycles. The van der Waals surface area contributed by atoms with Crippen molar-refractivity contribution in [1.82, 2.24) is 4.57 Å². The number of nitrogens with zero attached hydrogens (tertiary/aromatic N) is 1. The van der Waals surface area contributed by atoms with Crippen molar-refractivity contribution in [1.29, 1.82) is 0 Å². The van der Waals surface area contributed by atoms with E-state index in [2.05, 4.69) is 29.1 Å². The summed E-state index contributed by atoms with van der Waals surface area (Å²) in [5.74, 6) is 0.0263. The van der Waals surface area contributed by atoms with Crippen molar-refractivity contribution in [2.24, 2.45) is 5.73 Å². The summed E-state index contributed by atoms with van der Waals surface area (Å²) in [4.78, 5) is 11.7. The van der Waals surface area contributed by atoms with Gasteiger partial charge in [-0.2, -0.15) is 0 Å². The molecule has 0 aliphatic rings. The summed E-state index contributed by atoms with van der Waals surface area (Å²) in [6, 6.07) is 8.12. The molecule has 0 aliphatic heterocycles. The van der Waals surface area contributed by atoms with Crippen LogP contribution < -0.4 is 11.1 Å². The van der Waals surface area contributed by atoms with Crippen LogP contribution in [0.25, 0.3) is 10.9 Å². The molecule has 0 radical (unpaired) electrons. The van der Waals surface area contributed by atoms with Gasteiger partial charge in [0.1, 0.15) is 0 Å². The van der Waals surface area contributed by atoms with Crippen LogP contribution >= 0.6 is 0 Å². The Hall–Kier alpha value is -1.81. The van der Waals surface area contributed by atoms with Gasteiger partial charge in [-0.15, -0.1) is 0 Å². The molecular formula is C15H21N3O. The second-order valence-electron chi connectivity index (χ2n) is 4.72. The number of hydrogen-bond donors (Lipinski definition) is 2. The van der Waals surface area contributed by atoms with E-state index in [0.717, 1.165) is 25.1 Å². The first-order valence-corrected chi connectivity index (χ1v) is 6.83. The van der Waals surface area contributed by atoms with E-state index in [9.17, 15) is 4.79 Å². The third kappa shape index (κ3) is 3.35. The third-order valence-corrected chi connectivity index (χ3v) is 3.13. The van der Waals surface area contributed by atoms with Gasteiger partial charge in [-0.25, -0.2) is 0 Å². The minimum atomic E-state index is 0.0263. The van der Waals surface area contributed by atoms with Gasteiger partial charge in [0.05, 0.1) is 5.52 Å². The smallest absolute Gasteiger partial charge is 0.224 e. The zero-order chi connectivity index (χ0) is 13.7. The Bertz CT molecular complexity index is 560. The average Bonchev–Trinajstić information content (AvgIpc) is 2.80. The second-order valence-corrected chi connectivity index (χ2v) is 4.72. The van der Waals surface area contributed by atoms with Gasteiger partial charge < -0.3 is 15.6 Å². The molecule has 1 aromatic carbocycles. The number of aryl methyl sites for hydroxylation is 1. The molecule has 0 unspecified atom stereocenters. The van der Waals surface area contributed by atoms with Gasteiger partial charge in [0.25, 0.3) is 0 Å².